The Labute approximate surface area is 188 Å². The number of carbonyl (C=O) groups is 1. The van der Waals surface area contributed by atoms with Gasteiger partial charge < -0.3 is 15.0 Å². The van der Waals surface area contributed by atoms with Crippen LogP contribution in [0.25, 0.3) is 0 Å². The second kappa shape index (κ2) is 9.28. The van der Waals surface area contributed by atoms with Crippen molar-refractivity contribution in [2.75, 3.05) is 32.8 Å². The summed E-state index contributed by atoms with van der Waals surface area (Å²) < 4.78 is 32.3. The van der Waals surface area contributed by atoms with E-state index in [0.29, 0.717) is 32.8 Å². The Morgan fingerprint density at radius 1 is 1.03 bits per heavy atom. The second-order valence-corrected chi connectivity index (χ2v) is 9.95. The molecular weight excluding hydrogens is 426 g/mol. The number of rotatable bonds is 7. The van der Waals surface area contributed by atoms with Crippen molar-refractivity contribution < 1.29 is 17.9 Å². The zero-order valence-corrected chi connectivity index (χ0v) is 18.8. The highest BCUT2D eigenvalue weighted by Crippen LogP contribution is 2.31. The molecule has 0 aliphatic carbocycles. The molecule has 7 nitrogen and oxygen atoms in total. The van der Waals surface area contributed by atoms with Crippen LogP contribution in [0.1, 0.15) is 28.5 Å². The Kier molecular flexibility index (Phi) is 6.45. The van der Waals surface area contributed by atoms with Crippen LogP contribution < -0.4 is 5.32 Å². The number of hydrogen-bond donors (Lipinski definition) is 2. The number of carbonyl (C=O) groups excluding carboxylic acids is 1. The summed E-state index contributed by atoms with van der Waals surface area (Å²) in [5.41, 5.74) is 1.91. The SMILES string of the molecule is CC(CNC(=O)c1cc(S(=O)(=O)N2CCOCC2)c[nH]1)(c1ccccc1)c1ccccc1. The molecule has 0 spiro atoms. The number of aromatic amines is 1. The molecule has 1 amide bonds. The number of H-pyrrole nitrogens is 1. The highest BCUT2D eigenvalue weighted by Gasteiger charge is 2.31. The van der Waals surface area contributed by atoms with Gasteiger partial charge in [0.05, 0.1) is 13.2 Å². The van der Waals surface area contributed by atoms with Crippen LogP contribution in [0.4, 0.5) is 0 Å². The van der Waals surface area contributed by atoms with Gasteiger partial charge in [-0.3, -0.25) is 4.79 Å². The molecule has 8 heteroatoms. The van der Waals surface area contributed by atoms with E-state index in [4.69, 9.17) is 4.74 Å². The number of nitrogens with one attached hydrogen (secondary N) is 2. The van der Waals surface area contributed by atoms with E-state index in [0.717, 1.165) is 11.1 Å². The first-order valence-electron chi connectivity index (χ1n) is 10.6. The summed E-state index contributed by atoms with van der Waals surface area (Å²) in [6, 6.07) is 21.4. The fraction of sp³-hybridized carbons (Fsp3) is 0.292. The molecule has 168 valence electrons. The summed E-state index contributed by atoms with van der Waals surface area (Å²) >= 11 is 0. The Morgan fingerprint density at radius 2 is 1.59 bits per heavy atom. The van der Waals surface area contributed by atoms with E-state index in [-0.39, 0.29) is 16.5 Å². The summed E-state index contributed by atoms with van der Waals surface area (Å²) in [6.07, 6.45) is 1.37. The summed E-state index contributed by atoms with van der Waals surface area (Å²) in [7, 11) is -3.66. The topological polar surface area (TPSA) is 91.5 Å². The molecule has 2 heterocycles. The number of sulfonamides is 1. The summed E-state index contributed by atoms with van der Waals surface area (Å²) in [5, 5.41) is 2.98. The minimum Gasteiger partial charge on any atom is -0.379 e. The first-order valence-corrected chi connectivity index (χ1v) is 12.0. The normalized spacial score (nSPS) is 15.4. The third-order valence-electron chi connectivity index (χ3n) is 5.93. The van der Waals surface area contributed by atoms with Crippen molar-refractivity contribution in [1.29, 1.82) is 0 Å². The van der Waals surface area contributed by atoms with Crippen LogP contribution in [0.15, 0.2) is 77.8 Å². The molecule has 4 rings (SSSR count). The van der Waals surface area contributed by atoms with Crippen LogP contribution >= 0.6 is 0 Å². The van der Waals surface area contributed by atoms with Crippen molar-refractivity contribution >= 4 is 15.9 Å². The van der Waals surface area contributed by atoms with Crippen LogP contribution in [0.2, 0.25) is 0 Å². The molecule has 0 atom stereocenters. The van der Waals surface area contributed by atoms with Gasteiger partial charge in [0, 0.05) is 31.2 Å². The molecule has 3 aromatic rings. The van der Waals surface area contributed by atoms with Gasteiger partial charge in [-0.2, -0.15) is 4.31 Å². The second-order valence-electron chi connectivity index (χ2n) is 8.01. The molecule has 1 aliphatic rings. The maximum atomic E-state index is 12.9. The number of amides is 1. The zero-order valence-electron chi connectivity index (χ0n) is 18.0. The van der Waals surface area contributed by atoms with Gasteiger partial charge in [0.2, 0.25) is 10.0 Å². The van der Waals surface area contributed by atoms with Gasteiger partial charge in [-0.25, -0.2) is 8.42 Å². The Bertz CT molecular complexity index is 1110. The van der Waals surface area contributed by atoms with Crippen molar-refractivity contribution in [3.05, 3.63) is 89.7 Å². The average Bonchev–Trinajstić information content (AvgIpc) is 3.35. The van der Waals surface area contributed by atoms with Crippen LogP contribution in [0.3, 0.4) is 0 Å². The van der Waals surface area contributed by atoms with Gasteiger partial charge in [-0.1, -0.05) is 60.7 Å². The van der Waals surface area contributed by atoms with E-state index < -0.39 is 15.4 Å². The number of benzene rings is 2. The molecule has 0 bridgehead atoms. The highest BCUT2D eigenvalue weighted by molar-refractivity contribution is 7.89. The quantitative estimate of drug-likeness (QED) is 0.576. The first-order chi connectivity index (χ1) is 15.4. The van der Waals surface area contributed by atoms with Gasteiger partial charge in [-0.15, -0.1) is 0 Å². The van der Waals surface area contributed by atoms with Crippen molar-refractivity contribution in [2.45, 2.75) is 17.2 Å². The van der Waals surface area contributed by atoms with Crippen LogP contribution in [0.5, 0.6) is 0 Å². The Hall–Kier alpha value is -2.94. The predicted octanol–water partition coefficient (Wildman–Crippen LogP) is 2.77. The molecule has 1 aromatic heterocycles. The highest BCUT2D eigenvalue weighted by atomic mass is 32.2. The molecule has 1 fully saturated rings. The lowest BCUT2D eigenvalue weighted by Gasteiger charge is -2.31. The Morgan fingerprint density at radius 3 is 2.16 bits per heavy atom. The predicted molar refractivity (Wildman–Crippen MR) is 122 cm³/mol. The van der Waals surface area contributed by atoms with E-state index in [1.54, 1.807) is 0 Å². The lowest BCUT2D eigenvalue weighted by molar-refractivity contribution is 0.0730. The monoisotopic (exact) mass is 453 g/mol. The van der Waals surface area contributed by atoms with E-state index in [2.05, 4.69) is 17.2 Å². The van der Waals surface area contributed by atoms with Gasteiger partial charge in [-0.05, 0) is 24.1 Å². The maximum Gasteiger partial charge on any atom is 0.267 e. The molecule has 1 saturated heterocycles. The lowest BCUT2D eigenvalue weighted by Crippen LogP contribution is -2.40. The van der Waals surface area contributed by atoms with Gasteiger partial charge in [0.15, 0.2) is 0 Å². The first kappa shape index (κ1) is 22.3. The molecule has 32 heavy (non-hydrogen) atoms. The fourth-order valence-electron chi connectivity index (χ4n) is 3.93. The van der Waals surface area contributed by atoms with E-state index >= 15 is 0 Å². The zero-order chi connectivity index (χ0) is 22.6. The minimum atomic E-state index is -3.66. The summed E-state index contributed by atoms with van der Waals surface area (Å²) in [5.74, 6) is -0.355. The summed E-state index contributed by atoms with van der Waals surface area (Å²) in [4.78, 5) is 15.8. The van der Waals surface area contributed by atoms with E-state index in [9.17, 15) is 13.2 Å². The standard InChI is InChI=1S/C24H27N3O4S/c1-24(19-8-4-2-5-9-19,20-10-6-3-7-11-20)18-26-23(28)22-16-21(17-25-22)32(29,30)27-12-14-31-15-13-27/h2-11,16-17,25H,12-15,18H2,1H3,(H,26,28). The number of ether oxygens (including phenoxy) is 1. The molecule has 1 aliphatic heterocycles. The average molecular weight is 454 g/mol. The van der Waals surface area contributed by atoms with Crippen molar-refractivity contribution in [3.8, 4) is 0 Å². The Balaban J connectivity index is 1.52. The molecule has 0 unspecified atom stereocenters. The molecule has 2 N–H and O–H groups in total. The van der Waals surface area contributed by atoms with E-state index in [1.807, 2.05) is 60.7 Å². The van der Waals surface area contributed by atoms with Gasteiger partial charge in [0.25, 0.3) is 5.91 Å². The van der Waals surface area contributed by atoms with Crippen LogP contribution in [0, 0.1) is 0 Å². The van der Waals surface area contributed by atoms with Crippen molar-refractivity contribution in [3.63, 3.8) is 0 Å². The third-order valence-corrected chi connectivity index (χ3v) is 7.81. The van der Waals surface area contributed by atoms with Gasteiger partial charge in [0.1, 0.15) is 10.6 Å². The number of morpholine rings is 1. The number of nitrogens with zero attached hydrogens (tertiary/aromatic N) is 1. The largest absolute Gasteiger partial charge is 0.379 e. The minimum absolute atomic E-state index is 0.0819. The third kappa shape index (κ3) is 4.48. The number of aromatic nitrogens is 1. The smallest absolute Gasteiger partial charge is 0.267 e. The molecule has 0 saturated carbocycles. The fourth-order valence-corrected chi connectivity index (χ4v) is 5.33. The molecular formula is C24H27N3O4S. The molecule has 2 aromatic carbocycles. The van der Waals surface area contributed by atoms with E-state index in [1.165, 1.54) is 16.6 Å². The number of hydrogen-bond acceptors (Lipinski definition) is 4. The maximum absolute atomic E-state index is 12.9. The van der Waals surface area contributed by atoms with Crippen LogP contribution in [-0.2, 0) is 20.2 Å². The van der Waals surface area contributed by atoms with Gasteiger partial charge >= 0.3 is 0 Å². The van der Waals surface area contributed by atoms with Crippen molar-refractivity contribution in [2.24, 2.45) is 0 Å². The summed E-state index contributed by atoms with van der Waals surface area (Å²) in [6.45, 7) is 3.79. The lowest BCUT2D eigenvalue weighted by atomic mass is 9.76. The van der Waals surface area contributed by atoms with Crippen LogP contribution in [-0.4, -0.2) is 56.5 Å². The molecule has 0 radical (unpaired) electrons. The van der Waals surface area contributed by atoms with Crippen molar-refractivity contribution in [1.82, 2.24) is 14.6 Å².